The van der Waals surface area contributed by atoms with Crippen LogP contribution < -0.4 is 10.2 Å². The molecule has 3 atom stereocenters. The number of phosphoric acid groups is 1. The van der Waals surface area contributed by atoms with Gasteiger partial charge in [0.05, 0.1) is 33.8 Å². The van der Waals surface area contributed by atoms with E-state index in [1.807, 2.05) is 33.3 Å². The van der Waals surface area contributed by atoms with E-state index in [0.29, 0.717) is 23.9 Å². The van der Waals surface area contributed by atoms with Crippen molar-refractivity contribution in [2.75, 3.05) is 40.9 Å². The summed E-state index contributed by atoms with van der Waals surface area (Å²) in [4.78, 5) is 40.0. The van der Waals surface area contributed by atoms with Crippen LogP contribution in [0.3, 0.4) is 0 Å². The molecule has 0 aliphatic heterocycles. The minimum Gasteiger partial charge on any atom is -0.756 e. The van der Waals surface area contributed by atoms with Crippen LogP contribution in [0.1, 0.15) is 303 Å². The molecular formula is C65H123N2O7P. The lowest BCUT2D eigenvalue weighted by Crippen LogP contribution is -2.47. The molecule has 0 fully saturated rings. The molecule has 1 N–H and O–H groups in total. The van der Waals surface area contributed by atoms with E-state index in [0.717, 1.165) is 70.6 Å². The molecule has 0 spiro atoms. The summed E-state index contributed by atoms with van der Waals surface area (Å²) >= 11 is 0. The molecule has 9 nitrogen and oxygen atoms in total. The number of carbonyl (C=O) groups is 2. The Hall–Kier alpha value is -2.03. The minimum atomic E-state index is -4.70. The molecule has 0 saturated carbocycles. The molecule has 75 heavy (non-hydrogen) atoms. The first kappa shape index (κ1) is 73.0. The number of allylic oxidation sites excluding steroid dienone is 7. The number of carbonyl (C=O) groups excluding carboxylic acids is 2. The van der Waals surface area contributed by atoms with Crippen molar-refractivity contribution in [2.24, 2.45) is 0 Å². The molecule has 0 aliphatic carbocycles. The van der Waals surface area contributed by atoms with Crippen LogP contribution in [0.4, 0.5) is 0 Å². The highest BCUT2D eigenvalue weighted by Crippen LogP contribution is 2.38. The van der Waals surface area contributed by atoms with Gasteiger partial charge in [-0.05, 0) is 89.5 Å². The maximum Gasteiger partial charge on any atom is 0.306 e. The topological polar surface area (TPSA) is 114 Å². The number of nitrogens with zero attached hydrogens (tertiary/aromatic N) is 1. The third kappa shape index (κ3) is 56.5. The van der Waals surface area contributed by atoms with E-state index >= 15 is 0 Å². The van der Waals surface area contributed by atoms with Crippen LogP contribution in [0.2, 0.25) is 0 Å². The summed E-state index contributed by atoms with van der Waals surface area (Å²) < 4.78 is 30.3. The fourth-order valence-corrected chi connectivity index (χ4v) is 9.98. The average Bonchev–Trinajstić information content (AvgIpc) is 3.37. The highest BCUT2D eigenvalue weighted by Gasteiger charge is 2.27. The highest BCUT2D eigenvalue weighted by molar-refractivity contribution is 7.45. The number of phosphoric ester groups is 1. The second-order valence-electron chi connectivity index (χ2n) is 22.9. The Kier molecular flexibility index (Phi) is 53.8. The fourth-order valence-electron chi connectivity index (χ4n) is 9.25. The van der Waals surface area contributed by atoms with E-state index in [9.17, 15) is 19.0 Å². The van der Waals surface area contributed by atoms with Crippen molar-refractivity contribution in [3.8, 4) is 0 Å². The van der Waals surface area contributed by atoms with Crippen LogP contribution >= 0.6 is 7.82 Å². The normalized spacial score (nSPS) is 14.0. The van der Waals surface area contributed by atoms with Crippen LogP contribution in [-0.4, -0.2) is 69.4 Å². The maximum absolute atomic E-state index is 13.5. The number of amides is 1. The third-order valence-electron chi connectivity index (χ3n) is 14.2. The molecule has 0 aromatic rings. The molecule has 0 heterocycles. The van der Waals surface area contributed by atoms with Crippen molar-refractivity contribution in [2.45, 2.75) is 315 Å². The number of nitrogens with one attached hydrogen (secondary N) is 1. The standard InChI is InChI=1S/C65H123N2O7P/c1-7-10-13-16-19-22-25-28-29-30-31-32-33-34-35-36-37-40-42-45-48-51-54-57-64(68)66-62(61-73-75(70,71)72-60-59-67(4,5)6)63(56-53-50-47-44-41-38-26-23-20-17-14-11-8-2)74-65(69)58-55-52-49-46-43-39-27-24-21-18-15-12-9-3/h19,22,28-29,39,43,53,56,62-63H,7-18,20-21,23-27,30-38,40-42,44-52,54-55,57-61H2,1-6H3,(H-,66,68,70,71)/b22-19-,29-28-,43-39-,56-53-. The van der Waals surface area contributed by atoms with E-state index in [2.05, 4.69) is 62.5 Å². The Morgan fingerprint density at radius 3 is 1.25 bits per heavy atom. The van der Waals surface area contributed by atoms with Crippen LogP contribution in [-0.2, 0) is 27.9 Å². The van der Waals surface area contributed by atoms with Crippen LogP contribution in [0.25, 0.3) is 0 Å². The lowest BCUT2D eigenvalue weighted by atomic mass is 10.0. The zero-order valence-corrected chi connectivity index (χ0v) is 51.2. The van der Waals surface area contributed by atoms with Crippen molar-refractivity contribution in [1.82, 2.24) is 5.32 Å². The predicted molar refractivity (Wildman–Crippen MR) is 321 cm³/mol. The number of unbranched alkanes of at least 4 members (excludes halogenated alkanes) is 36. The van der Waals surface area contributed by atoms with E-state index in [1.165, 1.54) is 193 Å². The van der Waals surface area contributed by atoms with Gasteiger partial charge in [0.25, 0.3) is 7.82 Å². The number of likely N-dealkylation sites (N-methyl/N-ethyl adjacent to an activating group) is 1. The second-order valence-corrected chi connectivity index (χ2v) is 24.3. The number of rotatable bonds is 58. The average molecular weight is 1080 g/mol. The van der Waals surface area contributed by atoms with Gasteiger partial charge in [-0.25, -0.2) is 0 Å². The van der Waals surface area contributed by atoms with Crippen molar-refractivity contribution < 1.29 is 37.3 Å². The molecule has 3 unspecified atom stereocenters. The van der Waals surface area contributed by atoms with Gasteiger partial charge in [-0.2, -0.15) is 0 Å². The van der Waals surface area contributed by atoms with E-state index < -0.39 is 26.6 Å². The highest BCUT2D eigenvalue weighted by atomic mass is 31.2. The monoisotopic (exact) mass is 1070 g/mol. The molecule has 0 aliphatic rings. The molecule has 0 saturated heterocycles. The largest absolute Gasteiger partial charge is 0.756 e. The summed E-state index contributed by atoms with van der Waals surface area (Å²) in [6, 6.07) is -0.893. The lowest BCUT2D eigenvalue weighted by Gasteiger charge is -2.30. The Morgan fingerprint density at radius 2 is 0.813 bits per heavy atom. The Morgan fingerprint density at radius 1 is 0.467 bits per heavy atom. The van der Waals surface area contributed by atoms with Gasteiger partial charge in [-0.15, -0.1) is 0 Å². The maximum atomic E-state index is 13.5. The van der Waals surface area contributed by atoms with Gasteiger partial charge in [-0.1, -0.05) is 250 Å². The van der Waals surface area contributed by atoms with E-state index in [-0.39, 0.29) is 24.9 Å². The lowest BCUT2D eigenvalue weighted by molar-refractivity contribution is -0.870. The molecule has 0 rings (SSSR count). The summed E-state index contributed by atoms with van der Waals surface area (Å²) in [7, 11) is 1.18. The Bertz CT molecular complexity index is 1420. The van der Waals surface area contributed by atoms with Gasteiger partial charge in [0.2, 0.25) is 5.91 Å². The number of esters is 1. The molecule has 0 bridgehead atoms. The van der Waals surface area contributed by atoms with Crippen molar-refractivity contribution in [1.29, 1.82) is 0 Å². The number of hydrogen-bond donors (Lipinski definition) is 1. The molecule has 10 heteroatoms. The Balaban J connectivity index is 5.17. The number of ether oxygens (including phenoxy) is 1. The van der Waals surface area contributed by atoms with E-state index in [4.69, 9.17) is 13.8 Å². The first-order chi connectivity index (χ1) is 36.4. The molecule has 0 aromatic carbocycles. The van der Waals surface area contributed by atoms with Crippen molar-refractivity contribution in [3.63, 3.8) is 0 Å². The number of quaternary nitrogens is 1. The second kappa shape index (κ2) is 55.3. The zero-order chi connectivity index (χ0) is 55.0. The molecule has 0 radical (unpaired) electrons. The van der Waals surface area contributed by atoms with Gasteiger partial charge in [-0.3, -0.25) is 14.2 Å². The molecule has 0 aromatic heterocycles. The van der Waals surface area contributed by atoms with E-state index in [1.54, 1.807) is 0 Å². The van der Waals surface area contributed by atoms with Crippen LogP contribution in [0.5, 0.6) is 0 Å². The molecule has 440 valence electrons. The fraction of sp³-hybridized carbons (Fsp3) is 0.846. The SMILES string of the molecule is CCCCC/C=C\C/C=C\CCCCCCCCCCCCCCCC(=O)NC(COP(=O)([O-])OCC[N+](C)(C)C)C(/C=C\CCCCCCCCCCCCC)OC(=O)CCCCC/C=C\CCCCCCCC. The summed E-state index contributed by atoms with van der Waals surface area (Å²) in [5.74, 6) is -0.551. The molecule has 1 amide bonds. The summed E-state index contributed by atoms with van der Waals surface area (Å²) in [5, 5.41) is 3.03. The van der Waals surface area contributed by atoms with Gasteiger partial charge >= 0.3 is 5.97 Å². The smallest absolute Gasteiger partial charge is 0.306 e. The van der Waals surface area contributed by atoms with Crippen molar-refractivity contribution >= 4 is 19.7 Å². The van der Waals surface area contributed by atoms with Crippen LogP contribution in [0, 0.1) is 0 Å². The first-order valence-corrected chi connectivity index (χ1v) is 33.4. The zero-order valence-electron chi connectivity index (χ0n) is 50.3. The number of hydrogen-bond acceptors (Lipinski definition) is 7. The summed E-state index contributed by atoms with van der Waals surface area (Å²) in [6.07, 6.45) is 67.9. The van der Waals surface area contributed by atoms with Gasteiger partial charge in [0.15, 0.2) is 0 Å². The first-order valence-electron chi connectivity index (χ1n) is 31.9. The summed E-state index contributed by atoms with van der Waals surface area (Å²) in [6.45, 7) is 6.83. The summed E-state index contributed by atoms with van der Waals surface area (Å²) in [5.41, 5.74) is 0. The third-order valence-corrected chi connectivity index (χ3v) is 15.2. The van der Waals surface area contributed by atoms with Crippen LogP contribution in [0.15, 0.2) is 48.6 Å². The van der Waals surface area contributed by atoms with Crippen molar-refractivity contribution in [3.05, 3.63) is 48.6 Å². The quantitative estimate of drug-likeness (QED) is 0.0212. The van der Waals surface area contributed by atoms with Gasteiger partial charge in [0, 0.05) is 12.8 Å². The van der Waals surface area contributed by atoms with Gasteiger partial charge in [0.1, 0.15) is 19.3 Å². The predicted octanol–water partition coefficient (Wildman–Crippen LogP) is 19.0. The molecular weight excluding hydrogens is 952 g/mol. The Labute approximate surface area is 465 Å². The van der Waals surface area contributed by atoms with Gasteiger partial charge < -0.3 is 28.5 Å². The minimum absolute atomic E-state index is 0.0238.